The molecule has 15 heavy (non-hydrogen) atoms. The summed E-state index contributed by atoms with van der Waals surface area (Å²) in [4.78, 5) is 0. The second kappa shape index (κ2) is 4.60. The highest BCUT2D eigenvalue weighted by atomic mass is 32.2. The molecule has 0 saturated carbocycles. The highest BCUT2D eigenvalue weighted by Crippen LogP contribution is 2.14. The summed E-state index contributed by atoms with van der Waals surface area (Å²) in [6.07, 6.45) is 1.04. The predicted molar refractivity (Wildman–Crippen MR) is 59.3 cm³/mol. The molecule has 0 saturated heterocycles. The molecule has 1 aromatic carbocycles. The molecule has 84 valence electrons. The van der Waals surface area contributed by atoms with Gasteiger partial charge in [0.05, 0.1) is 6.26 Å². The molecule has 6 nitrogen and oxygen atoms in total. The lowest BCUT2D eigenvalue weighted by atomic mass is 10.3. The topological polar surface area (TPSA) is 95.5 Å². The lowest BCUT2D eigenvalue weighted by Crippen LogP contribution is -2.09. The summed E-state index contributed by atoms with van der Waals surface area (Å²) >= 11 is -2.13. The third-order valence-electron chi connectivity index (χ3n) is 1.39. The van der Waals surface area contributed by atoms with E-state index in [1.54, 1.807) is 0 Å². The Hall–Kier alpha value is -1.12. The number of hydrogen-bond acceptors (Lipinski definition) is 3. The van der Waals surface area contributed by atoms with Crippen molar-refractivity contribution in [1.29, 1.82) is 0 Å². The Bertz CT molecular complexity index is 454. The standard InChI is InChI=1S/C7H10N2O4S2/c1-15(12,13)9-7-4-2-6(3-5-7)8-14(10)11/h2-5,8-9H,1H3,(H,10,11). The smallest absolute Gasteiger partial charge is 0.259 e. The first-order valence-electron chi connectivity index (χ1n) is 3.82. The average Bonchev–Trinajstić information content (AvgIpc) is 2.05. The van der Waals surface area contributed by atoms with Crippen LogP contribution >= 0.6 is 0 Å². The second-order valence-corrected chi connectivity index (χ2v) is 5.25. The number of anilines is 2. The van der Waals surface area contributed by atoms with Crippen LogP contribution in [0.1, 0.15) is 0 Å². The Labute approximate surface area is 90.2 Å². The fourth-order valence-corrected chi connectivity index (χ4v) is 1.82. The Morgan fingerprint density at radius 2 is 1.67 bits per heavy atom. The predicted octanol–water partition coefficient (Wildman–Crippen LogP) is 0.607. The summed E-state index contributed by atoms with van der Waals surface area (Å²) in [7, 11) is -3.29. The Kier molecular flexibility index (Phi) is 3.66. The molecule has 0 aliphatic rings. The van der Waals surface area contributed by atoms with Crippen molar-refractivity contribution < 1.29 is 17.2 Å². The number of hydrogen-bond donors (Lipinski definition) is 3. The molecule has 0 amide bonds. The van der Waals surface area contributed by atoms with Gasteiger partial charge in [0.25, 0.3) is 11.3 Å². The van der Waals surface area contributed by atoms with Crippen LogP contribution in [0.4, 0.5) is 11.4 Å². The minimum Gasteiger partial charge on any atom is -0.289 e. The first kappa shape index (κ1) is 12.0. The van der Waals surface area contributed by atoms with Gasteiger partial charge in [-0.3, -0.25) is 14.0 Å². The molecule has 3 N–H and O–H groups in total. The summed E-state index contributed by atoms with van der Waals surface area (Å²) in [5.41, 5.74) is 0.821. The van der Waals surface area contributed by atoms with E-state index in [-0.39, 0.29) is 0 Å². The Balaban J connectivity index is 2.77. The Morgan fingerprint density at radius 1 is 1.20 bits per heavy atom. The van der Waals surface area contributed by atoms with Crippen molar-refractivity contribution in [2.45, 2.75) is 0 Å². The van der Waals surface area contributed by atoms with Crippen LogP contribution in [0.3, 0.4) is 0 Å². The molecule has 0 aliphatic carbocycles. The largest absolute Gasteiger partial charge is 0.289 e. The van der Waals surface area contributed by atoms with E-state index in [9.17, 15) is 12.6 Å². The van der Waals surface area contributed by atoms with Gasteiger partial charge in [0, 0.05) is 11.4 Å². The molecule has 0 fully saturated rings. The molecule has 0 radical (unpaired) electrons. The number of nitrogens with one attached hydrogen (secondary N) is 2. The maximum absolute atomic E-state index is 10.8. The van der Waals surface area contributed by atoms with Gasteiger partial charge in [-0.1, -0.05) is 0 Å². The molecular weight excluding hydrogens is 240 g/mol. The maximum Gasteiger partial charge on any atom is 0.259 e. The quantitative estimate of drug-likeness (QED) is 0.682. The second-order valence-electron chi connectivity index (χ2n) is 2.80. The van der Waals surface area contributed by atoms with Crippen LogP contribution in [0.25, 0.3) is 0 Å². The normalized spacial score (nSPS) is 13.2. The minimum absolute atomic E-state index is 0.395. The van der Waals surface area contributed by atoms with Gasteiger partial charge >= 0.3 is 0 Å². The van der Waals surface area contributed by atoms with Crippen LogP contribution in [0.2, 0.25) is 0 Å². The van der Waals surface area contributed by atoms with E-state index >= 15 is 0 Å². The summed E-state index contributed by atoms with van der Waals surface area (Å²) in [6, 6.07) is 5.94. The van der Waals surface area contributed by atoms with Gasteiger partial charge in [0.15, 0.2) is 0 Å². The summed E-state index contributed by atoms with van der Waals surface area (Å²) in [5.74, 6) is 0. The highest BCUT2D eigenvalue weighted by Gasteiger charge is 2.01. The van der Waals surface area contributed by atoms with Crippen LogP contribution in [0, 0.1) is 0 Å². The van der Waals surface area contributed by atoms with Crippen LogP contribution in [-0.2, 0) is 21.3 Å². The summed E-state index contributed by atoms with van der Waals surface area (Å²) < 4.78 is 45.1. The molecule has 0 heterocycles. The monoisotopic (exact) mass is 250 g/mol. The molecule has 8 heteroatoms. The van der Waals surface area contributed by atoms with E-state index in [2.05, 4.69) is 9.44 Å². The molecule has 0 aliphatic heterocycles. The van der Waals surface area contributed by atoms with E-state index in [4.69, 9.17) is 4.55 Å². The molecule has 1 unspecified atom stereocenters. The average molecular weight is 250 g/mol. The van der Waals surface area contributed by atoms with E-state index in [0.29, 0.717) is 11.4 Å². The van der Waals surface area contributed by atoms with Crippen LogP contribution in [-0.4, -0.2) is 23.4 Å². The van der Waals surface area contributed by atoms with Crippen molar-refractivity contribution >= 4 is 32.7 Å². The van der Waals surface area contributed by atoms with E-state index < -0.39 is 21.3 Å². The highest BCUT2D eigenvalue weighted by molar-refractivity contribution is 7.92. The first-order chi connectivity index (χ1) is 6.87. The molecule has 0 aromatic heterocycles. The summed E-state index contributed by atoms with van der Waals surface area (Å²) in [6.45, 7) is 0. The molecule has 1 atom stereocenters. The van der Waals surface area contributed by atoms with Gasteiger partial charge in [-0.15, -0.1) is 0 Å². The van der Waals surface area contributed by atoms with Gasteiger partial charge in [0.2, 0.25) is 10.0 Å². The summed E-state index contributed by atoms with van der Waals surface area (Å²) in [5, 5.41) is 0. The van der Waals surface area contributed by atoms with Crippen molar-refractivity contribution in [3.8, 4) is 0 Å². The van der Waals surface area contributed by atoms with Gasteiger partial charge in [-0.2, -0.15) is 0 Å². The van der Waals surface area contributed by atoms with Gasteiger partial charge in [-0.05, 0) is 24.3 Å². The van der Waals surface area contributed by atoms with Gasteiger partial charge in [0.1, 0.15) is 0 Å². The zero-order valence-corrected chi connectivity index (χ0v) is 9.43. The fraction of sp³-hybridized carbons (Fsp3) is 0.143. The lowest BCUT2D eigenvalue weighted by molar-refractivity contribution is 0.570. The third kappa shape index (κ3) is 4.77. The van der Waals surface area contributed by atoms with E-state index in [1.165, 1.54) is 24.3 Å². The van der Waals surface area contributed by atoms with Gasteiger partial charge in [-0.25, -0.2) is 12.6 Å². The van der Waals surface area contributed by atoms with Crippen LogP contribution in [0.5, 0.6) is 0 Å². The molecule has 1 rings (SSSR count). The lowest BCUT2D eigenvalue weighted by Gasteiger charge is -2.05. The zero-order valence-electron chi connectivity index (χ0n) is 7.80. The van der Waals surface area contributed by atoms with Crippen molar-refractivity contribution in [1.82, 2.24) is 0 Å². The molecule has 0 bridgehead atoms. The number of rotatable bonds is 4. The molecule has 1 aromatic rings. The van der Waals surface area contributed by atoms with Crippen molar-refractivity contribution in [3.63, 3.8) is 0 Å². The van der Waals surface area contributed by atoms with E-state index in [0.717, 1.165) is 6.26 Å². The van der Waals surface area contributed by atoms with Crippen molar-refractivity contribution in [2.75, 3.05) is 15.7 Å². The van der Waals surface area contributed by atoms with E-state index in [1.807, 2.05) is 0 Å². The third-order valence-corrected chi connectivity index (χ3v) is 2.41. The van der Waals surface area contributed by atoms with Crippen LogP contribution < -0.4 is 9.44 Å². The Morgan fingerprint density at radius 3 is 2.07 bits per heavy atom. The fourth-order valence-electron chi connectivity index (χ4n) is 0.921. The maximum atomic E-state index is 10.8. The number of benzene rings is 1. The SMILES string of the molecule is CS(=O)(=O)Nc1ccc(NS(=O)O)cc1. The van der Waals surface area contributed by atoms with Crippen LogP contribution in [0.15, 0.2) is 24.3 Å². The van der Waals surface area contributed by atoms with Crippen molar-refractivity contribution in [2.24, 2.45) is 0 Å². The number of sulfonamides is 1. The first-order valence-corrected chi connectivity index (χ1v) is 6.82. The van der Waals surface area contributed by atoms with Crippen molar-refractivity contribution in [3.05, 3.63) is 24.3 Å². The molecule has 0 spiro atoms. The molecular formula is C7H10N2O4S2. The van der Waals surface area contributed by atoms with Gasteiger partial charge < -0.3 is 0 Å². The minimum atomic E-state index is -3.29. The zero-order chi connectivity index (χ0) is 11.5.